The summed E-state index contributed by atoms with van der Waals surface area (Å²) < 4.78 is 19.4. The lowest BCUT2D eigenvalue weighted by Gasteiger charge is -2.25. The molecule has 0 unspecified atom stereocenters. The van der Waals surface area contributed by atoms with Crippen LogP contribution in [0.2, 0.25) is 0 Å². The highest BCUT2D eigenvalue weighted by Gasteiger charge is 2.27. The first kappa shape index (κ1) is 34.2. The van der Waals surface area contributed by atoms with E-state index in [0.29, 0.717) is 5.25 Å². The second-order valence-corrected chi connectivity index (χ2v) is 11.4. The molecular formula is C23H46O7S. The van der Waals surface area contributed by atoms with Gasteiger partial charge in [0, 0.05) is 5.25 Å². The van der Waals surface area contributed by atoms with E-state index in [-0.39, 0.29) is 35.2 Å². The molecule has 0 bridgehead atoms. The maximum Gasteiger partial charge on any atom is 0.508 e. The Hall–Kier alpha value is -1.44. The van der Waals surface area contributed by atoms with Gasteiger partial charge in [0.15, 0.2) is 0 Å². The Morgan fingerprint density at radius 1 is 0.645 bits per heavy atom. The Morgan fingerprint density at radius 2 is 1.00 bits per heavy atom. The van der Waals surface area contributed by atoms with Crippen molar-refractivity contribution in [3.05, 3.63) is 0 Å². The van der Waals surface area contributed by atoms with Crippen LogP contribution >= 0.6 is 11.8 Å². The van der Waals surface area contributed by atoms with Crippen molar-refractivity contribution >= 4 is 29.2 Å². The van der Waals surface area contributed by atoms with Gasteiger partial charge in [-0.1, -0.05) is 13.8 Å². The van der Waals surface area contributed by atoms with Gasteiger partial charge in [-0.3, -0.25) is 4.79 Å². The van der Waals surface area contributed by atoms with E-state index in [4.69, 9.17) is 18.9 Å². The van der Waals surface area contributed by atoms with E-state index in [9.17, 15) is 14.4 Å². The Bertz CT molecular complexity index is 461. The predicted molar refractivity (Wildman–Crippen MR) is 127 cm³/mol. The highest BCUT2D eigenvalue weighted by Crippen LogP contribution is 2.19. The van der Waals surface area contributed by atoms with E-state index in [1.165, 1.54) is 11.8 Å². The number of carbonyl (C=O) groups excluding carboxylic acids is 3. The number of hydrogen-bond donors (Lipinski definition) is 0. The maximum atomic E-state index is 11.3. The standard InChI is InChI=1S/C9H18O2.C7H14O3.C7H14O2S/c1-8(2,3)7(10)11-9(4,5)6;2*1-5(2)9-7(8)10-6(3)4/h1-6H3;2*5-6H,1-4H3. The minimum absolute atomic E-state index is 0.00116. The summed E-state index contributed by atoms with van der Waals surface area (Å²) in [6.07, 6.45) is -0.804. The van der Waals surface area contributed by atoms with E-state index in [2.05, 4.69) is 0 Å². The molecule has 31 heavy (non-hydrogen) atoms. The third-order valence-corrected chi connectivity index (χ3v) is 3.10. The number of ether oxygens (including phenoxy) is 4. The zero-order chi connectivity index (χ0) is 25.6. The molecule has 0 aliphatic rings. The summed E-state index contributed by atoms with van der Waals surface area (Å²) in [5, 5.41) is 0.135. The normalized spacial score (nSPS) is 11.3. The Balaban J connectivity index is -0.000000380. The molecule has 0 saturated heterocycles. The first-order chi connectivity index (χ1) is 13.7. The fourth-order valence-electron chi connectivity index (χ4n) is 1.26. The van der Waals surface area contributed by atoms with Gasteiger partial charge < -0.3 is 18.9 Å². The lowest BCUT2D eigenvalue weighted by atomic mass is 9.97. The van der Waals surface area contributed by atoms with Crippen LogP contribution in [-0.2, 0) is 23.7 Å². The van der Waals surface area contributed by atoms with Crippen molar-refractivity contribution in [3.8, 4) is 0 Å². The number of thioether (sulfide) groups is 1. The molecule has 8 heteroatoms. The van der Waals surface area contributed by atoms with Gasteiger partial charge in [0.1, 0.15) is 5.60 Å². The van der Waals surface area contributed by atoms with Gasteiger partial charge in [-0.05, 0) is 94.8 Å². The van der Waals surface area contributed by atoms with Gasteiger partial charge in [0.05, 0.1) is 23.7 Å². The number of rotatable bonds is 4. The van der Waals surface area contributed by atoms with Crippen LogP contribution in [0.5, 0.6) is 0 Å². The lowest BCUT2D eigenvalue weighted by Crippen LogP contribution is -2.31. The van der Waals surface area contributed by atoms with Crippen molar-refractivity contribution in [2.75, 3.05) is 0 Å². The number of hydrogen-bond acceptors (Lipinski definition) is 8. The van der Waals surface area contributed by atoms with Crippen LogP contribution in [-0.4, -0.2) is 46.6 Å². The van der Waals surface area contributed by atoms with Crippen LogP contribution in [0.1, 0.15) is 96.9 Å². The summed E-state index contributed by atoms with van der Waals surface area (Å²) >= 11 is 1.22. The van der Waals surface area contributed by atoms with Crippen molar-refractivity contribution in [1.82, 2.24) is 0 Å². The van der Waals surface area contributed by atoms with Gasteiger partial charge in [-0.15, -0.1) is 0 Å². The zero-order valence-corrected chi connectivity index (χ0v) is 22.9. The van der Waals surface area contributed by atoms with Crippen molar-refractivity contribution in [2.24, 2.45) is 5.41 Å². The van der Waals surface area contributed by atoms with Crippen LogP contribution in [0.3, 0.4) is 0 Å². The molecule has 0 aliphatic heterocycles. The summed E-state index contributed by atoms with van der Waals surface area (Å²) in [5.41, 5.74) is -0.766. The van der Waals surface area contributed by atoms with Crippen LogP contribution in [0.4, 0.5) is 9.59 Å². The molecule has 0 aromatic rings. The topological polar surface area (TPSA) is 88.1 Å². The lowest BCUT2D eigenvalue weighted by molar-refractivity contribution is -0.164. The summed E-state index contributed by atoms with van der Waals surface area (Å²) in [5.74, 6) is -0.148. The zero-order valence-electron chi connectivity index (χ0n) is 22.1. The maximum absolute atomic E-state index is 11.3. The Kier molecular flexibility index (Phi) is 17.9. The molecule has 0 aromatic carbocycles. The molecule has 0 spiro atoms. The average Bonchev–Trinajstić information content (AvgIpc) is 2.41. The molecular weight excluding hydrogens is 420 g/mol. The first-order valence-corrected chi connectivity index (χ1v) is 11.5. The molecule has 0 fully saturated rings. The molecule has 0 radical (unpaired) electrons. The van der Waals surface area contributed by atoms with E-state index >= 15 is 0 Å². The molecule has 0 heterocycles. The average molecular weight is 467 g/mol. The smallest absolute Gasteiger partial charge is 0.460 e. The van der Waals surface area contributed by atoms with Crippen LogP contribution in [0.15, 0.2) is 0 Å². The minimum Gasteiger partial charge on any atom is -0.460 e. The molecule has 186 valence electrons. The number of esters is 1. The Morgan fingerprint density at radius 3 is 1.19 bits per heavy atom. The van der Waals surface area contributed by atoms with Crippen molar-refractivity contribution in [3.63, 3.8) is 0 Å². The molecule has 7 nitrogen and oxygen atoms in total. The second kappa shape index (κ2) is 16.2. The van der Waals surface area contributed by atoms with Crippen molar-refractivity contribution < 1.29 is 33.3 Å². The highest BCUT2D eigenvalue weighted by atomic mass is 32.2. The van der Waals surface area contributed by atoms with Crippen LogP contribution in [0, 0.1) is 5.41 Å². The summed E-state index contributed by atoms with van der Waals surface area (Å²) in [4.78, 5) is 32.7. The monoisotopic (exact) mass is 466 g/mol. The summed E-state index contributed by atoms with van der Waals surface area (Å²) in [6.45, 7) is 25.9. The van der Waals surface area contributed by atoms with Crippen molar-refractivity contribution in [2.45, 2.75) is 126 Å². The van der Waals surface area contributed by atoms with E-state index in [1.54, 1.807) is 27.7 Å². The van der Waals surface area contributed by atoms with Gasteiger partial charge in [-0.25, -0.2) is 9.59 Å². The largest absolute Gasteiger partial charge is 0.508 e. The molecule has 0 saturated carbocycles. The van der Waals surface area contributed by atoms with Gasteiger partial charge in [0.25, 0.3) is 0 Å². The fraction of sp³-hybridized carbons (Fsp3) is 0.870. The van der Waals surface area contributed by atoms with E-state index in [0.717, 1.165) is 0 Å². The predicted octanol–water partition coefficient (Wildman–Crippen LogP) is 7.00. The second-order valence-electron chi connectivity index (χ2n) is 9.92. The fourth-order valence-corrected chi connectivity index (χ4v) is 1.89. The third-order valence-electron chi connectivity index (χ3n) is 2.34. The summed E-state index contributed by atoms with van der Waals surface area (Å²) in [6, 6.07) is 0. The SMILES string of the molecule is CC(C)(C)OC(=O)C(C)(C)C.CC(C)OC(=O)OC(C)C.CC(C)OC(=O)SC(C)C. The van der Waals surface area contributed by atoms with Gasteiger partial charge in [0.2, 0.25) is 0 Å². The Labute approximate surface area is 194 Å². The molecule has 0 N–H and O–H groups in total. The molecule has 0 aliphatic carbocycles. The third kappa shape index (κ3) is 30.8. The van der Waals surface area contributed by atoms with Crippen LogP contribution < -0.4 is 0 Å². The van der Waals surface area contributed by atoms with Gasteiger partial charge in [-0.2, -0.15) is 0 Å². The van der Waals surface area contributed by atoms with Crippen LogP contribution in [0.25, 0.3) is 0 Å². The van der Waals surface area contributed by atoms with E-state index in [1.807, 2.05) is 69.2 Å². The molecule has 0 atom stereocenters. The molecule has 0 amide bonds. The first-order valence-electron chi connectivity index (χ1n) is 10.6. The molecule has 0 aromatic heterocycles. The highest BCUT2D eigenvalue weighted by molar-refractivity contribution is 8.13. The van der Waals surface area contributed by atoms with Gasteiger partial charge >= 0.3 is 17.4 Å². The summed E-state index contributed by atoms with van der Waals surface area (Å²) in [7, 11) is 0. The van der Waals surface area contributed by atoms with E-state index < -0.39 is 11.6 Å². The molecule has 0 rings (SSSR count). The van der Waals surface area contributed by atoms with Crippen molar-refractivity contribution in [1.29, 1.82) is 0 Å². The minimum atomic E-state index is -0.593. The quantitative estimate of drug-likeness (QED) is 0.323. The number of carbonyl (C=O) groups is 3.